The van der Waals surface area contributed by atoms with Crippen LogP contribution in [0.25, 0.3) is 0 Å². The molecular weight excluding hydrogens is 204 g/mol. The van der Waals surface area contributed by atoms with Crippen LogP contribution in [0.15, 0.2) is 6.07 Å². The van der Waals surface area contributed by atoms with Crippen LogP contribution in [0.1, 0.15) is 31.2 Å². The van der Waals surface area contributed by atoms with Gasteiger partial charge in [0.25, 0.3) is 0 Å². The molecule has 1 heterocycles. The lowest BCUT2D eigenvalue weighted by Crippen LogP contribution is -2.21. The second kappa shape index (κ2) is 6.03. The number of aliphatic hydroxyl groups excluding tert-OH is 1. The molecule has 0 saturated carbocycles. The van der Waals surface area contributed by atoms with Crippen LogP contribution in [0.4, 0.5) is 5.95 Å². The Balaban J connectivity index is 2.80. The Morgan fingerprint density at radius 1 is 1.56 bits per heavy atom. The Bertz CT molecular complexity index is 386. The van der Waals surface area contributed by atoms with Crippen LogP contribution in [0.5, 0.6) is 0 Å². The molecule has 1 aromatic heterocycles. The van der Waals surface area contributed by atoms with Gasteiger partial charge in [-0.3, -0.25) is 0 Å². The highest BCUT2D eigenvalue weighted by Gasteiger charge is 2.08. The van der Waals surface area contributed by atoms with Crippen LogP contribution in [-0.4, -0.2) is 27.7 Å². The summed E-state index contributed by atoms with van der Waals surface area (Å²) in [5.41, 5.74) is 1.11. The number of hydrogen-bond donors (Lipinski definition) is 2. The molecule has 5 nitrogen and oxygen atoms in total. The van der Waals surface area contributed by atoms with Gasteiger partial charge in [-0.1, -0.05) is 6.92 Å². The smallest absolute Gasteiger partial charge is 0.224 e. The summed E-state index contributed by atoms with van der Waals surface area (Å²) in [6.07, 6.45) is 1.52. The van der Waals surface area contributed by atoms with E-state index in [1.165, 1.54) is 0 Å². The zero-order valence-electron chi connectivity index (χ0n) is 9.56. The summed E-state index contributed by atoms with van der Waals surface area (Å²) in [5, 5.41) is 20.8. The highest BCUT2D eigenvalue weighted by atomic mass is 16.3. The number of aryl methyl sites for hydroxylation is 1. The lowest BCUT2D eigenvalue weighted by molar-refractivity contribution is 0.278. The van der Waals surface area contributed by atoms with Crippen molar-refractivity contribution in [3.05, 3.63) is 17.5 Å². The third kappa shape index (κ3) is 3.48. The predicted molar refractivity (Wildman–Crippen MR) is 60.9 cm³/mol. The van der Waals surface area contributed by atoms with Crippen LogP contribution in [-0.2, 0) is 0 Å². The summed E-state index contributed by atoms with van der Waals surface area (Å²) in [6.45, 7) is 3.97. The fraction of sp³-hybridized carbons (Fsp3) is 0.545. The number of anilines is 1. The molecule has 0 amide bonds. The van der Waals surface area contributed by atoms with Gasteiger partial charge in [-0.15, -0.1) is 0 Å². The molecule has 1 aromatic rings. The lowest BCUT2D eigenvalue weighted by atomic mass is 10.2. The van der Waals surface area contributed by atoms with Gasteiger partial charge in [0.2, 0.25) is 5.95 Å². The highest BCUT2D eigenvalue weighted by molar-refractivity contribution is 5.33. The molecule has 0 spiro atoms. The van der Waals surface area contributed by atoms with E-state index < -0.39 is 0 Å². The van der Waals surface area contributed by atoms with Crippen LogP contribution >= 0.6 is 0 Å². The highest BCUT2D eigenvalue weighted by Crippen LogP contribution is 2.08. The second-order valence-corrected chi connectivity index (χ2v) is 3.59. The summed E-state index contributed by atoms with van der Waals surface area (Å²) >= 11 is 0. The van der Waals surface area contributed by atoms with Crippen molar-refractivity contribution in [3.63, 3.8) is 0 Å². The van der Waals surface area contributed by atoms with E-state index in [1.807, 2.05) is 19.9 Å². The van der Waals surface area contributed by atoms with E-state index in [-0.39, 0.29) is 12.6 Å². The first kappa shape index (κ1) is 12.4. The monoisotopic (exact) mass is 220 g/mol. The average Bonchev–Trinajstić information content (AvgIpc) is 2.27. The average molecular weight is 220 g/mol. The minimum atomic E-state index is 0.127. The van der Waals surface area contributed by atoms with E-state index in [0.717, 1.165) is 12.1 Å². The van der Waals surface area contributed by atoms with Gasteiger partial charge < -0.3 is 10.4 Å². The Hall–Kier alpha value is -1.67. The van der Waals surface area contributed by atoms with E-state index in [2.05, 4.69) is 15.3 Å². The largest absolute Gasteiger partial charge is 0.396 e. The van der Waals surface area contributed by atoms with Crippen molar-refractivity contribution in [2.45, 2.75) is 32.7 Å². The van der Waals surface area contributed by atoms with Gasteiger partial charge in [-0.2, -0.15) is 5.26 Å². The van der Waals surface area contributed by atoms with Gasteiger partial charge in [0.05, 0.1) is 0 Å². The number of rotatable bonds is 5. The maximum atomic E-state index is 8.87. The molecule has 1 rings (SSSR count). The van der Waals surface area contributed by atoms with Crippen molar-refractivity contribution in [1.82, 2.24) is 9.97 Å². The molecule has 2 N–H and O–H groups in total. The molecule has 86 valence electrons. The van der Waals surface area contributed by atoms with Crippen LogP contribution in [0.3, 0.4) is 0 Å². The zero-order valence-corrected chi connectivity index (χ0v) is 9.56. The molecule has 0 aliphatic carbocycles. The third-order valence-corrected chi connectivity index (χ3v) is 2.27. The van der Waals surface area contributed by atoms with Crippen molar-refractivity contribution in [3.8, 4) is 6.07 Å². The topological polar surface area (TPSA) is 81.8 Å². The van der Waals surface area contributed by atoms with Gasteiger partial charge in [-0.25, -0.2) is 9.97 Å². The molecule has 1 atom stereocenters. The molecule has 0 saturated heterocycles. The minimum absolute atomic E-state index is 0.127. The first-order valence-electron chi connectivity index (χ1n) is 5.32. The number of aromatic nitrogens is 2. The van der Waals surface area contributed by atoms with Gasteiger partial charge in [-0.05, 0) is 25.8 Å². The molecule has 0 radical (unpaired) electrons. The number of nitriles is 1. The Morgan fingerprint density at radius 3 is 2.88 bits per heavy atom. The van der Waals surface area contributed by atoms with E-state index >= 15 is 0 Å². The van der Waals surface area contributed by atoms with E-state index in [9.17, 15) is 0 Å². The third-order valence-electron chi connectivity index (χ3n) is 2.27. The zero-order chi connectivity index (χ0) is 12.0. The number of aliphatic hydroxyl groups is 1. The SMILES string of the molecule is CCC(CCO)Nc1nc(C)cc(C#N)n1. The summed E-state index contributed by atoms with van der Waals surface area (Å²) < 4.78 is 0. The fourth-order valence-corrected chi connectivity index (χ4v) is 1.41. The summed E-state index contributed by atoms with van der Waals surface area (Å²) in [7, 11) is 0. The van der Waals surface area contributed by atoms with Gasteiger partial charge in [0, 0.05) is 18.3 Å². The molecule has 0 fully saturated rings. The van der Waals surface area contributed by atoms with Crippen molar-refractivity contribution < 1.29 is 5.11 Å². The van der Waals surface area contributed by atoms with Gasteiger partial charge in [0.1, 0.15) is 11.8 Å². The number of hydrogen-bond acceptors (Lipinski definition) is 5. The van der Waals surface area contributed by atoms with Crippen molar-refractivity contribution in [2.24, 2.45) is 0 Å². The van der Waals surface area contributed by atoms with Gasteiger partial charge in [0.15, 0.2) is 0 Å². The molecule has 0 aliphatic rings. The Kier molecular flexibility index (Phi) is 4.67. The second-order valence-electron chi connectivity index (χ2n) is 3.59. The van der Waals surface area contributed by atoms with Crippen LogP contribution in [0.2, 0.25) is 0 Å². The Morgan fingerprint density at radius 2 is 2.31 bits per heavy atom. The molecule has 5 heteroatoms. The number of nitrogens with one attached hydrogen (secondary N) is 1. The van der Waals surface area contributed by atoms with Crippen LogP contribution < -0.4 is 5.32 Å². The van der Waals surface area contributed by atoms with E-state index in [4.69, 9.17) is 10.4 Å². The summed E-state index contributed by atoms with van der Waals surface area (Å²) in [5.74, 6) is 0.455. The van der Waals surface area contributed by atoms with Gasteiger partial charge >= 0.3 is 0 Å². The predicted octanol–water partition coefficient (Wildman–Crippen LogP) is 1.23. The molecule has 1 unspecified atom stereocenters. The standard InChI is InChI=1S/C11H16N4O/c1-3-9(4-5-16)14-11-13-8(2)6-10(7-12)15-11/h6,9,16H,3-5H2,1-2H3,(H,13,14,15). The molecular formula is C11H16N4O. The number of nitrogens with zero attached hydrogens (tertiary/aromatic N) is 3. The molecule has 0 aromatic carbocycles. The molecule has 0 aliphatic heterocycles. The maximum Gasteiger partial charge on any atom is 0.224 e. The maximum absolute atomic E-state index is 8.87. The summed E-state index contributed by atoms with van der Waals surface area (Å²) in [6, 6.07) is 3.77. The van der Waals surface area contributed by atoms with E-state index in [1.54, 1.807) is 6.07 Å². The van der Waals surface area contributed by atoms with Crippen molar-refractivity contribution in [1.29, 1.82) is 5.26 Å². The van der Waals surface area contributed by atoms with Crippen molar-refractivity contribution in [2.75, 3.05) is 11.9 Å². The quantitative estimate of drug-likeness (QED) is 0.780. The first-order chi connectivity index (χ1) is 7.69. The normalized spacial score (nSPS) is 11.9. The minimum Gasteiger partial charge on any atom is -0.396 e. The van der Waals surface area contributed by atoms with Crippen molar-refractivity contribution >= 4 is 5.95 Å². The van der Waals surface area contributed by atoms with Crippen LogP contribution in [0, 0.1) is 18.3 Å². The molecule has 0 bridgehead atoms. The lowest BCUT2D eigenvalue weighted by Gasteiger charge is -2.15. The first-order valence-corrected chi connectivity index (χ1v) is 5.32. The molecule has 16 heavy (non-hydrogen) atoms. The summed E-state index contributed by atoms with van der Waals surface area (Å²) in [4.78, 5) is 8.25. The van der Waals surface area contributed by atoms with E-state index in [0.29, 0.717) is 18.1 Å². The fourth-order valence-electron chi connectivity index (χ4n) is 1.41. The Labute approximate surface area is 95.2 Å².